The maximum atomic E-state index is 11.7. The van der Waals surface area contributed by atoms with Crippen molar-refractivity contribution in [1.29, 1.82) is 0 Å². The Kier molecular flexibility index (Phi) is 5.59. The van der Waals surface area contributed by atoms with Crippen molar-refractivity contribution >= 4 is 27.5 Å². The van der Waals surface area contributed by atoms with Gasteiger partial charge in [-0.2, -0.15) is 0 Å². The summed E-state index contributed by atoms with van der Waals surface area (Å²) in [4.78, 5) is 17.6. The summed E-state index contributed by atoms with van der Waals surface area (Å²) in [5.74, 6) is 0. The Balaban J connectivity index is 1.83. The third-order valence-electron chi connectivity index (χ3n) is 4.38. The van der Waals surface area contributed by atoms with Gasteiger partial charge in [-0.25, -0.2) is 22.9 Å². The molecule has 1 fully saturated rings. The topological polar surface area (TPSA) is 99.6 Å². The van der Waals surface area contributed by atoms with Gasteiger partial charge in [-0.3, -0.25) is 0 Å². The van der Waals surface area contributed by atoms with Crippen LogP contribution in [0.1, 0.15) is 18.5 Å². The number of benzene rings is 1. The molecule has 2 aromatic rings. The second kappa shape index (κ2) is 7.73. The molecule has 0 spiro atoms. The number of nitrogens with zero attached hydrogens (tertiary/aromatic N) is 2. The third kappa shape index (κ3) is 4.60. The maximum Gasteiger partial charge on any atom is 0.407 e. The molecule has 1 aromatic carbocycles. The summed E-state index contributed by atoms with van der Waals surface area (Å²) in [5.41, 5.74) is 1.78. The molecule has 1 saturated heterocycles. The van der Waals surface area contributed by atoms with Crippen LogP contribution in [0.4, 0.5) is 4.79 Å². The number of carboxylic acid groups (broad SMARTS) is 1. The van der Waals surface area contributed by atoms with E-state index >= 15 is 0 Å². The molecule has 0 bridgehead atoms. The normalized spacial score (nSPS) is 20.9. The van der Waals surface area contributed by atoms with Crippen molar-refractivity contribution in [3.05, 3.63) is 41.4 Å². The van der Waals surface area contributed by atoms with Crippen LogP contribution in [0.5, 0.6) is 0 Å². The predicted molar refractivity (Wildman–Crippen MR) is 101 cm³/mol. The summed E-state index contributed by atoms with van der Waals surface area (Å²) in [6, 6.07) is 8.85. The lowest BCUT2D eigenvalue weighted by atomic mass is 9.94. The van der Waals surface area contributed by atoms with Gasteiger partial charge in [0, 0.05) is 30.0 Å². The highest BCUT2D eigenvalue weighted by Gasteiger charge is 2.36. The number of hydrogen-bond donors (Lipinski definition) is 2. The number of hydrogen-bond acceptors (Lipinski definition) is 5. The van der Waals surface area contributed by atoms with Gasteiger partial charge >= 0.3 is 6.09 Å². The summed E-state index contributed by atoms with van der Waals surface area (Å²) in [6.45, 7) is 0.400. The first-order valence-electron chi connectivity index (χ1n) is 8.30. The number of piperidine rings is 1. The first-order chi connectivity index (χ1) is 12.3. The van der Waals surface area contributed by atoms with Crippen molar-refractivity contribution in [2.45, 2.75) is 31.3 Å². The van der Waals surface area contributed by atoms with E-state index in [1.165, 1.54) is 16.2 Å². The maximum absolute atomic E-state index is 11.7. The molecule has 140 valence electrons. The monoisotopic (exact) mass is 395 g/mol. The molecule has 7 nitrogen and oxygen atoms in total. The summed E-state index contributed by atoms with van der Waals surface area (Å²) in [5, 5.41) is 12.3. The van der Waals surface area contributed by atoms with Crippen molar-refractivity contribution < 1.29 is 18.3 Å². The standard InChI is InChI=1S/C17H21N3O4S2/c1-26(23,24)19-14-8-5-9-20(17(21)22)15(14)10-13-11-25-16(18-13)12-6-3-2-4-7-12/h2-4,6-7,11,14-15,19H,5,8-10H2,1H3,(H,21,22). The van der Waals surface area contributed by atoms with Crippen LogP contribution in [-0.2, 0) is 16.4 Å². The Hall–Kier alpha value is -1.97. The van der Waals surface area contributed by atoms with E-state index in [0.29, 0.717) is 25.8 Å². The van der Waals surface area contributed by atoms with E-state index in [-0.39, 0.29) is 0 Å². The van der Waals surface area contributed by atoms with Crippen LogP contribution in [0.3, 0.4) is 0 Å². The van der Waals surface area contributed by atoms with E-state index < -0.39 is 28.2 Å². The minimum absolute atomic E-state index is 0.378. The molecule has 0 radical (unpaired) electrons. The molecule has 1 amide bonds. The van der Waals surface area contributed by atoms with Crippen molar-refractivity contribution in [2.75, 3.05) is 12.8 Å². The number of amides is 1. The number of carbonyl (C=O) groups is 1. The predicted octanol–water partition coefficient (Wildman–Crippen LogP) is 2.41. The Morgan fingerprint density at radius 3 is 2.77 bits per heavy atom. The van der Waals surface area contributed by atoms with Gasteiger partial charge in [0.2, 0.25) is 10.0 Å². The number of thiazole rings is 1. The molecule has 2 unspecified atom stereocenters. The molecular formula is C17H21N3O4S2. The van der Waals surface area contributed by atoms with Crippen LogP contribution in [-0.4, -0.2) is 54.4 Å². The highest BCUT2D eigenvalue weighted by Crippen LogP contribution is 2.27. The van der Waals surface area contributed by atoms with Crippen LogP contribution in [0.15, 0.2) is 35.7 Å². The fourth-order valence-corrected chi connectivity index (χ4v) is 4.95. The third-order valence-corrected chi connectivity index (χ3v) is 6.05. The molecule has 2 N–H and O–H groups in total. The van der Waals surface area contributed by atoms with Gasteiger partial charge in [0.15, 0.2) is 0 Å². The quantitative estimate of drug-likeness (QED) is 0.810. The van der Waals surface area contributed by atoms with Gasteiger partial charge in [0.05, 0.1) is 18.0 Å². The molecule has 0 saturated carbocycles. The number of sulfonamides is 1. The number of nitrogens with one attached hydrogen (secondary N) is 1. The minimum Gasteiger partial charge on any atom is -0.465 e. The molecule has 3 rings (SSSR count). The van der Waals surface area contributed by atoms with E-state index in [1.807, 2.05) is 35.7 Å². The van der Waals surface area contributed by atoms with Crippen LogP contribution >= 0.6 is 11.3 Å². The number of rotatable bonds is 5. The highest BCUT2D eigenvalue weighted by atomic mass is 32.2. The van der Waals surface area contributed by atoms with E-state index in [4.69, 9.17) is 0 Å². The molecule has 2 heterocycles. The summed E-state index contributed by atoms with van der Waals surface area (Å²) >= 11 is 1.50. The van der Waals surface area contributed by atoms with E-state index in [9.17, 15) is 18.3 Å². The lowest BCUT2D eigenvalue weighted by molar-refractivity contribution is 0.0939. The fraction of sp³-hybridized carbons (Fsp3) is 0.412. The molecular weight excluding hydrogens is 374 g/mol. The smallest absolute Gasteiger partial charge is 0.407 e. The zero-order chi connectivity index (χ0) is 18.7. The molecule has 1 aliphatic rings. The fourth-order valence-electron chi connectivity index (χ4n) is 3.29. The molecule has 26 heavy (non-hydrogen) atoms. The highest BCUT2D eigenvalue weighted by molar-refractivity contribution is 7.88. The van der Waals surface area contributed by atoms with E-state index in [1.54, 1.807) is 0 Å². The van der Waals surface area contributed by atoms with Crippen molar-refractivity contribution in [1.82, 2.24) is 14.6 Å². The lowest BCUT2D eigenvalue weighted by Gasteiger charge is -2.39. The average Bonchev–Trinajstić information content (AvgIpc) is 3.04. The van der Waals surface area contributed by atoms with Gasteiger partial charge in [-0.1, -0.05) is 30.3 Å². The Labute approximate surface area is 156 Å². The Morgan fingerprint density at radius 1 is 1.38 bits per heavy atom. The Morgan fingerprint density at radius 2 is 2.12 bits per heavy atom. The van der Waals surface area contributed by atoms with Crippen molar-refractivity contribution in [3.63, 3.8) is 0 Å². The lowest BCUT2D eigenvalue weighted by Crippen LogP contribution is -2.57. The molecule has 1 aliphatic heterocycles. The van der Waals surface area contributed by atoms with Crippen LogP contribution < -0.4 is 4.72 Å². The van der Waals surface area contributed by atoms with Gasteiger partial charge in [0.25, 0.3) is 0 Å². The molecule has 0 aliphatic carbocycles. The van der Waals surface area contributed by atoms with Gasteiger partial charge in [-0.05, 0) is 12.8 Å². The van der Waals surface area contributed by atoms with Gasteiger partial charge in [0.1, 0.15) is 5.01 Å². The van der Waals surface area contributed by atoms with E-state index in [0.717, 1.165) is 22.5 Å². The van der Waals surface area contributed by atoms with Crippen LogP contribution in [0.2, 0.25) is 0 Å². The second-order valence-corrected chi connectivity index (χ2v) is 9.03. The first kappa shape index (κ1) is 18.8. The zero-order valence-corrected chi connectivity index (χ0v) is 16.0. The second-order valence-electron chi connectivity index (χ2n) is 6.40. The molecule has 1 aromatic heterocycles. The van der Waals surface area contributed by atoms with Gasteiger partial charge < -0.3 is 10.0 Å². The summed E-state index contributed by atoms with van der Waals surface area (Å²) in [7, 11) is -3.42. The summed E-state index contributed by atoms with van der Waals surface area (Å²) in [6.07, 6.45) is 1.68. The van der Waals surface area contributed by atoms with E-state index in [2.05, 4.69) is 9.71 Å². The molecule has 9 heteroatoms. The van der Waals surface area contributed by atoms with Crippen molar-refractivity contribution in [2.24, 2.45) is 0 Å². The van der Waals surface area contributed by atoms with Crippen molar-refractivity contribution in [3.8, 4) is 10.6 Å². The first-order valence-corrected chi connectivity index (χ1v) is 11.1. The minimum atomic E-state index is -3.42. The zero-order valence-electron chi connectivity index (χ0n) is 14.3. The SMILES string of the molecule is CS(=O)(=O)NC1CCCN(C(=O)O)C1Cc1csc(-c2ccccc2)n1. The average molecular weight is 396 g/mol. The number of likely N-dealkylation sites (tertiary alicyclic amines) is 1. The molecule has 2 atom stereocenters. The summed E-state index contributed by atoms with van der Waals surface area (Å²) < 4.78 is 25.9. The Bertz CT molecular complexity index is 867. The van der Waals surface area contributed by atoms with Gasteiger partial charge in [-0.15, -0.1) is 11.3 Å². The number of aromatic nitrogens is 1. The largest absolute Gasteiger partial charge is 0.465 e. The van der Waals surface area contributed by atoms with Crippen LogP contribution in [0.25, 0.3) is 10.6 Å². The van der Waals surface area contributed by atoms with Crippen LogP contribution in [0, 0.1) is 0 Å².